The van der Waals surface area contributed by atoms with Gasteiger partial charge in [0, 0.05) is 35.7 Å². The molecule has 0 spiro atoms. The van der Waals surface area contributed by atoms with Gasteiger partial charge in [-0.05, 0) is 24.6 Å². The number of rotatable bonds is 7. The van der Waals surface area contributed by atoms with Crippen LogP contribution in [0.1, 0.15) is 27.5 Å². The average molecular weight is 417 g/mol. The van der Waals surface area contributed by atoms with Crippen molar-refractivity contribution in [2.45, 2.75) is 13.0 Å². The van der Waals surface area contributed by atoms with Gasteiger partial charge in [0.05, 0.1) is 19.8 Å². The molecule has 4 nitrogen and oxygen atoms in total. The van der Waals surface area contributed by atoms with Crippen molar-refractivity contribution < 1.29 is 9.53 Å². The van der Waals surface area contributed by atoms with E-state index in [1.54, 1.807) is 0 Å². The first kappa shape index (κ1) is 19.2. The summed E-state index contributed by atoms with van der Waals surface area (Å²) in [5.41, 5.74) is 3.27. The second kappa shape index (κ2) is 9.42. The van der Waals surface area contributed by atoms with Gasteiger partial charge in [-0.15, -0.1) is 0 Å². The van der Waals surface area contributed by atoms with Crippen LogP contribution in [0.5, 0.6) is 0 Å². The van der Waals surface area contributed by atoms with Crippen molar-refractivity contribution >= 4 is 21.7 Å². The molecule has 0 bridgehead atoms. The van der Waals surface area contributed by atoms with Crippen LogP contribution < -0.4 is 5.32 Å². The molecule has 0 radical (unpaired) electrons. The summed E-state index contributed by atoms with van der Waals surface area (Å²) in [6, 6.07) is 16.4. The molecule has 0 aromatic heterocycles. The molecule has 26 heavy (non-hydrogen) atoms. The number of Topliss-reactive ketones (excluding diaryl/α,β-unsaturated/α-hetero) is 1. The summed E-state index contributed by atoms with van der Waals surface area (Å²) in [6.45, 7) is 6.55. The van der Waals surface area contributed by atoms with Gasteiger partial charge in [0.25, 0.3) is 0 Å². The summed E-state index contributed by atoms with van der Waals surface area (Å²) < 4.78 is 6.48. The number of carbonyl (C=O) groups excluding carboxylic acids is 1. The highest BCUT2D eigenvalue weighted by Crippen LogP contribution is 2.22. The Morgan fingerprint density at radius 2 is 1.77 bits per heavy atom. The first-order chi connectivity index (χ1) is 12.6. The van der Waals surface area contributed by atoms with Crippen molar-refractivity contribution in [2.24, 2.45) is 0 Å². The van der Waals surface area contributed by atoms with E-state index in [0.29, 0.717) is 6.54 Å². The summed E-state index contributed by atoms with van der Waals surface area (Å²) in [5, 5.41) is 3.37. The molecule has 1 fully saturated rings. The highest BCUT2D eigenvalue weighted by atomic mass is 79.9. The van der Waals surface area contributed by atoms with E-state index in [0.717, 1.165) is 42.9 Å². The number of ether oxygens (including phenoxy) is 1. The lowest BCUT2D eigenvalue weighted by molar-refractivity contribution is 0.0162. The number of hydrogen-bond acceptors (Lipinski definition) is 4. The highest BCUT2D eigenvalue weighted by molar-refractivity contribution is 9.10. The highest BCUT2D eigenvalue weighted by Gasteiger charge is 2.22. The van der Waals surface area contributed by atoms with E-state index in [9.17, 15) is 4.79 Å². The van der Waals surface area contributed by atoms with E-state index in [1.165, 1.54) is 11.1 Å². The monoisotopic (exact) mass is 416 g/mol. The largest absolute Gasteiger partial charge is 0.379 e. The number of carbonyl (C=O) groups is 1. The quantitative estimate of drug-likeness (QED) is 0.700. The zero-order chi connectivity index (χ0) is 18.4. The third-order valence-corrected chi connectivity index (χ3v) is 5.27. The van der Waals surface area contributed by atoms with Gasteiger partial charge in [-0.1, -0.05) is 57.9 Å². The fourth-order valence-corrected chi connectivity index (χ4v) is 3.46. The Bertz CT molecular complexity index is 710. The molecule has 1 aliphatic heterocycles. The minimum Gasteiger partial charge on any atom is -0.379 e. The molecule has 1 heterocycles. The van der Waals surface area contributed by atoms with Gasteiger partial charge in [0.15, 0.2) is 5.78 Å². The Kier molecular flexibility index (Phi) is 6.97. The van der Waals surface area contributed by atoms with Crippen LogP contribution in [0.2, 0.25) is 0 Å². The first-order valence-electron chi connectivity index (χ1n) is 9.01. The van der Waals surface area contributed by atoms with Crippen LogP contribution in [0.3, 0.4) is 0 Å². The second-order valence-corrected chi connectivity index (χ2v) is 7.55. The molecule has 1 aliphatic rings. The van der Waals surface area contributed by atoms with Crippen molar-refractivity contribution in [1.29, 1.82) is 0 Å². The molecule has 138 valence electrons. The van der Waals surface area contributed by atoms with E-state index >= 15 is 0 Å². The molecule has 1 atom stereocenters. The van der Waals surface area contributed by atoms with Crippen molar-refractivity contribution in [3.63, 3.8) is 0 Å². The standard InChI is InChI=1S/C21H25BrN2O2/c1-16-2-4-17(5-3-16)20(24-10-12-26-13-11-24)14-23-15-21(25)18-6-8-19(22)9-7-18/h2-9,20,23H,10-15H2,1H3. The van der Waals surface area contributed by atoms with Crippen LogP contribution in [0.4, 0.5) is 0 Å². The maximum atomic E-state index is 12.4. The molecule has 3 rings (SSSR count). The van der Waals surface area contributed by atoms with Crippen molar-refractivity contribution in [3.05, 3.63) is 69.7 Å². The van der Waals surface area contributed by atoms with Gasteiger partial charge in [-0.3, -0.25) is 9.69 Å². The Labute approximate surface area is 163 Å². The summed E-state index contributed by atoms with van der Waals surface area (Å²) in [7, 11) is 0. The third kappa shape index (κ3) is 5.24. The van der Waals surface area contributed by atoms with E-state index in [4.69, 9.17) is 4.74 Å². The fraction of sp³-hybridized carbons (Fsp3) is 0.381. The lowest BCUT2D eigenvalue weighted by Crippen LogP contribution is -2.43. The number of halogens is 1. The van der Waals surface area contributed by atoms with E-state index in [-0.39, 0.29) is 11.8 Å². The van der Waals surface area contributed by atoms with Crippen LogP contribution in [0, 0.1) is 6.92 Å². The van der Waals surface area contributed by atoms with E-state index < -0.39 is 0 Å². The summed E-state index contributed by atoms with van der Waals surface area (Å²) >= 11 is 3.40. The number of benzene rings is 2. The first-order valence-corrected chi connectivity index (χ1v) is 9.80. The maximum Gasteiger partial charge on any atom is 0.176 e. The summed E-state index contributed by atoms with van der Waals surface area (Å²) in [6.07, 6.45) is 0. The van der Waals surface area contributed by atoms with Gasteiger partial charge >= 0.3 is 0 Å². The minimum absolute atomic E-state index is 0.113. The molecule has 0 saturated carbocycles. The van der Waals surface area contributed by atoms with Gasteiger partial charge in [-0.25, -0.2) is 0 Å². The maximum absolute atomic E-state index is 12.4. The second-order valence-electron chi connectivity index (χ2n) is 6.64. The van der Waals surface area contributed by atoms with Crippen LogP contribution in [-0.4, -0.2) is 50.1 Å². The van der Waals surface area contributed by atoms with Gasteiger partial charge in [0.1, 0.15) is 0 Å². The molecule has 1 unspecified atom stereocenters. The zero-order valence-electron chi connectivity index (χ0n) is 15.1. The number of morpholine rings is 1. The SMILES string of the molecule is Cc1ccc(C(CNCC(=O)c2ccc(Br)cc2)N2CCOCC2)cc1. The number of hydrogen-bond donors (Lipinski definition) is 1. The van der Waals surface area contributed by atoms with Gasteiger partial charge < -0.3 is 10.1 Å². The number of nitrogens with zero attached hydrogens (tertiary/aromatic N) is 1. The third-order valence-electron chi connectivity index (χ3n) is 4.74. The van der Waals surface area contributed by atoms with Crippen LogP contribution in [-0.2, 0) is 4.74 Å². The number of nitrogens with one attached hydrogen (secondary N) is 1. The Hall–Kier alpha value is -1.53. The summed E-state index contributed by atoms with van der Waals surface area (Å²) in [4.78, 5) is 14.8. The number of ketones is 1. The summed E-state index contributed by atoms with van der Waals surface area (Å²) in [5.74, 6) is 0.113. The van der Waals surface area contributed by atoms with Crippen molar-refractivity contribution in [1.82, 2.24) is 10.2 Å². The smallest absolute Gasteiger partial charge is 0.176 e. The van der Waals surface area contributed by atoms with Gasteiger partial charge in [0.2, 0.25) is 0 Å². The Morgan fingerprint density at radius 1 is 1.12 bits per heavy atom. The predicted molar refractivity (Wildman–Crippen MR) is 108 cm³/mol. The predicted octanol–water partition coefficient (Wildman–Crippen LogP) is 3.60. The van der Waals surface area contributed by atoms with E-state index in [2.05, 4.69) is 57.3 Å². The minimum atomic E-state index is 0.113. The molecule has 0 aliphatic carbocycles. The molecular weight excluding hydrogens is 392 g/mol. The molecule has 0 amide bonds. The Morgan fingerprint density at radius 3 is 2.42 bits per heavy atom. The molecule has 1 saturated heterocycles. The lowest BCUT2D eigenvalue weighted by Gasteiger charge is -2.35. The van der Waals surface area contributed by atoms with Gasteiger partial charge in [-0.2, -0.15) is 0 Å². The average Bonchev–Trinajstić information content (AvgIpc) is 2.67. The van der Waals surface area contributed by atoms with Crippen molar-refractivity contribution in [3.8, 4) is 0 Å². The topological polar surface area (TPSA) is 41.6 Å². The Balaban J connectivity index is 1.62. The molecule has 2 aromatic rings. The fourth-order valence-electron chi connectivity index (χ4n) is 3.20. The van der Waals surface area contributed by atoms with E-state index in [1.807, 2.05) is 24.3 Å². The molecule has 1 N–H and O–H groups in total. The molecule has 5 heteroatoms. The van der Waals surface area contributed by atoms with Crippen LogP contribution >= 0.6 is 15.9 Å². The normalized spacial score (nSPS) is 16.4. The van der Waals surface area contributed by atoms with Crippen molar-refractivity contribution in [2.75, 3.05) is 39.4 Å². The molecule has 2 aromatic carbocycles. The number of aryl methyl sites for hydroxylation is 1. The zero-order valence-corrected chi connectivity index (χ0v) is 16.7. The lowest BCUT2D eigenvalue weighted by atomic mass is 10.0. The molecular formula is C21H25BrN2O2. The van der Waals surface area contributed by atoms with Crippen LogP contribution in [0.25, 0.3) is 0 Å². The van der Waals surface area contributed by atoms with Crippen LogP contribution in [0.15, 0.2) is 53.0 Å².